The van der Waals surface area contributed by atoms with Crippen molar-refractivity contribution in [2.45, 2.75) is 136 Å². The van der Waals surface area contributed by atoms with Gasteiger partial charge >= 0.3 is 0 Å². The van der Waals surface area contributed by atoms with Crippen molar-refractivity contribution in [1.82, 2.24) is 0 Å². The molecule has 4 rings (SSSR count). The van der Waals surface area contributed by atoms with Gasteiger partial charge in [0.05, 0.1) is 5.71 Å². The van der Waals surface area contributed by atoms with Gasteiger partial charge < -0.3 is 10.2 Å². The molecule has 256 valence electrons. The summed E-state index contributed by atoms with van der Waals surface area (Å²) in [6.45, 7) is 18.6. The smallest absolute Gasteiger partial charge is 0.0596 e. The molecule has 1 atom stereocenters. The number of methoxy groups -OCH3 is 1. The summed E-state index contributed by atoms with van der Waals surface area (Å²) in [5.74, 6) is 3.25. The number of hydrogen-bond donors (Lipinski definition) is 0. The van der Waals surface area contributed by atoms with E-state index in [1.165, 1.54) is 120 Å². The van der Waals surface area contributed by atoms with E-state index in [0.717, 1.165) is 29.0 Å². The maximum atomic E-state index is 4.26. The minimum absolute atomic E-state index is 0. The highest BCUT2D eigenvalue weighted by atomic mass is 16.4. The standard InChI is InChI=1S/C19H28.C15H23N.C6H12.C2H6O.H2O/c1-4-8-18(17-13-11-15(3)12-14-17)19-10-7-6-9-16(19)5-2;1-5-13(11-15(16-4)12(2)3)14-9-7-6-8-10-14;1-2-4-6-5-3-1;1-3-2;/h5-7,9-10,15,17-18H,2,4,8,11-14H2,1,3H3;5,11,14H,1-2,6-10H2,3-4H3;1-6H2;1-2H3;1H2/b;13-11+,16-15?;;;. The molecule has 0 amide bonds. The zero-order valence-electron chi connectivity index (χ0n) is 30.3. The van der Waals surface area contributed by atoms with E-state index in [0.29, 0.717) is 5.92 Å². The van der Waals surface area contributed by atoms with E-state index in [2.05, 4.69) is 73.7 Å². The van der Waals surface area contributed by atoms with Crippen LogP contribution in [0.1, 0.15) is 147 Å². The molecule has 0 heterocycles. The van der Waals surface area contributed by atoms with Crippen molar-refractivity contribution in [3.8, 4) is 0 Å². The highest BCUT2D eigenvalue weighted by molar-refractivity contribution is 6.08. The fourth-order valence-electron chi connectivity index (χ4n) is 7.06. The van der Waals surface area contributed by atoms with E-state index in [4.69, 9.17) is 0 Å². The molecule has 0 aliphatic heterocycles. The Morgan fingerprint density at radius 3 is 1.84 bits per heavy atom. The molecule has 1 aromatic carbocycles. The second kappa shape index (κ2) is 26.9. The Balaban J connectivity index is 0.000000670. The molecule has 3 heteroatoms. The lowest BCUT2D eigenvalue weighted by Gasteiger charge is -2.33. The zero-order valence-corrected chi connectivity index (χ0v) is 30.3. The Morgan fingerprint density at radius 2 is 1.40 bits per heavy atom. The van der Waals surface area contributed by atoms with Crippen molar-refractivity contribution in [2.24, 2.45) is 22.7 Å². The summed E-state index contributed by atoms with van der Waals surface area (Å²) < 4.78 is 4.25. The highest BCUT2D eigenvalue weighted by Gasteiger charge is 2.27. The molecule has 3 fully saturated rings. The molecular formula is C42H71NO2. The van der Waals surface area contributed by atoms with Gasteiger partial charge in [-0.15, -0.1) is 0 Å². The Bertz CT molecular complexity index is 961. The van der Waals surface area contributed by atoms with Crippen LogP contribution in [0, 0.1) is 17.8 Å². The number of rotatable bonds is 9. The molecule has 0 radical (unpaired) electrons. The first kappa shape index (κ1) is 42.8. The van der Waals surface area contributed by atoms with E-state index >= 15 is 0 Å². The second-order valence-corrected chi connectivity index (χ2v) is 13.4. The van der Waals surface area contributed by atoms with E-state index < -0.39 is 0 Å². The third kappa shape index (κ3) is 17.3. The van der Waals surface area contributed by atoms with E-state index in [1.54, 1.807) is 19.8 Å². The van der Waals surface area contributed by atoms with Gasteiger partial charge in [-0.25, -0.2) is 0 Å². The van der Waals surface area contributed by atoms with Crippen LogP contribution in [-0.2, 0) is 4.74 Å². The predicted molar refractivity (Wildman–Crippen MR) is 203 cm³/mol. The van der Waals surface area contributed by atoms with Crippen LogP contribution in [0.3, 0.4) is 0 Å². The van der Waals surface area contributed by atoms with Crippen molar-refractivity contribution in [1.29, 1.82) is 0 Å². The van der Waals surface area contributed by atoms with Crippen molar-refractivity contribution in [3.63, 3.8) is 0 Å². The van der Waals surface area contributed by atoms with Crippen LogP contribution in [0.25, 0.3) is 6.08 Å². The Kier molecular flexibility index (Phi) is 25.6. The molecule has 0 aromatic heterocycles. The fourth-order valence-corrected chi connectivity index (χ4v) is 7.06. The lowest BCUT2D eigenvalue weighted by Crippen LogP contribution is -2.20. The molecule has 45 heavy (non-hydrogen) atoms. The third-order valence-corrected chi connectivity index (χ3v) is 9.64. The predicted octanol–water partition coefficient (Wildman–Crippen LogP) is 12.1. The third-order valence-electron chi connectivity index (χ3n) is 9.64. The molecule has 3 aliphatic carbocycles. The van der Waals surface area contributed by atoms with Crippen LogP contribution in [0.5, 0.6) is 0 Å². The van der Waals surface area contributed by atoms with Crippen molar-refractivity contribution in [2.75, 3.05) is 21.3 Å². The van der Waals surface area contributed by atoms with Gasteiger partial charge in [0.15, 0.2) is 0 Å². The summed E-state index contributed by atoms with van der Waals surface area (Å²) in [5.41, 5.74) is 6.25. The summed E-state index contributed by atoms with van der Waals surface area (Å²) in [6.07, 6.45) is 30.1. The van der Waals surface area contributed by atoms with Gasteiger partial charge in [-0.3, -0.25) is 4.99 Å². The van der Waals surface area contributed by atoms with Gasteiger partial charge in [-0.1, -0.05) is 147 Å². The average Bonchev–Trinajstić information content (AvgIpc) is 3.07. The van der Waals surface area contributed by atoms with E-state index in [9.17, 15) is 0 Å². The van der Waals surface area contributed by atoms with E-state index in [-0.39, 0.29) is 5.48 Å². The lowest BCUT2D eigenvalue weighted by atomic mass is 9.71. The van der Waals surface area contributed by atoms with Crippen molar-refractivity contribution in [3.05, 3.63) is 78.4 Å². The molecule has 2 N–H and O–H groups in total. The second-order valence-electron chi connectivity index (χ2n) is 13.4. The molecule has 1 aromatic rings. The first-order valence-corrected chi connectivity index (χ1v) is 17.9. The van der Waals surface area contributed by atoms with E-state index in [1.807, 2.05) is 26.1 Å². The Hall–Kier alpha value is -2.23. The number of nitrogens with zero attached hydrogens (tertiary/aromatic N) is 1. The molecule has 0 spiro atoms. The van der Waals surface area contributed by atoms with Crippen LogP contribution >= 0.6 is 0 Å². The maximum Gasteiger partial charge on any atom is 0.0596 e. The molecule has 3 aliphatic rings. The SMILES string of the molecule is C1CCCCC1.C=C/C(=C\C(=NC)C(=C)C)C1CCCCC1.C=Cc1ccccc1C(CCC)C1CCC(C)CC1.COC.O. The van der Waals surface area contributed by atoms with Gasteiger partial charge in [-0.2, -0.15) is 0 Å². The van der Waals surface area contributed by atoms with Gasteiger partial charge in [0.1, 0.15) is 0 Å². The topological polar surface area (TPSA) is 53.1 Å². The van der Waals surface area contributed by atoms with Crippen LogP contribution in [0.4, 0.5) is 0 Å². The monoisotopic (exact) mass is 622 g/mol. The summed E-state index contributed by atoms with van der Waals surface area (Å²) in [7, 11) is 5.07. The number of aliphatic imine (C=N–C) groups is 1. The number of hydrogen-bond acceptors (Lipinski definition) is 2. The number of allylic oxidation sites excluding steroid dienone is 4. The summed E-state index contributed by atoms with van der Waals surface area (Å²) in [4.78, 5) is 4.26. The van der Waals surface area contributed by atoms with Crippen LogP contribution < -0.4 is 0 Å². The first-order valence-electron chi connectivity index (χ1n) is 17.9. The average molecular weight is 622 g/mol. The van der Waals surface area contributed by atoms with Gasteiger partial charge in [0, 0.05) is 21.3 Å². The first-order chi connectivity index (χ1) is 21.4. The van der Waals surface area contributed by atoms with Crippen LogP contribution in [-0.4, -0.2) is 32.5 Å². The molecule has 1 unspecified atom stereocenters. The Labute approximate surface area is 279 Å². The zero-order chi connectivity index (χ0) is 32.6. The molecule has 3 nitrogen and oxygen atoms in total. The largest absolute Gasteiger partial charge is 0.412 e. The minimum Gasteiger partial charge on any atom is -0.412 e. The highest BCUT2D eigenvalue weighted by Crippen LogP contribution is 2.41. The maximum absolute atomic E-state index is 4.26. The minimum atomic E-state index is 0. The number of benzene rings is 1. The van der Waals surface area contributed by atoms with Gasteiger partial charge in [0.2, 0.25) is 0 Å². The molecule has 3 saturated carbocycles. The molecule has 0 saturated heterocycles. The van der Waals surface area contributed by atoms with Crippen LogP contribution in [0.2, 0.25) is 0 Å². The Morgan fingerprint density at radius 1 is 0.889 bits per heavy atom. The van der Waals surface area contributed by atoms with Crippen LogP contribution in [0.15, 0.2) is 72.3 Å². The summed E-state index contributed by atoms with van der Waals surface area (Å²) in [6, 6.07) is 8.87. The number of ether oxygens (including phenoxy) is 1. The van der Waals surface area contributed by atoms with Gasteiger partial charge in [0.25, 0.3) is 0 Å². The summed E-state index contributed by atoms with van der Waals surface area (Å²) in [5, 5.41) is 0. The lowest BCUT2D eigenvalue weighted by molar-refractivity contribution is 0.246. The molecule has 0 bridgehead atoms. The van der Waals surface area contributed by atoms with Crippen molar-refractivity contribution >= 4 is 11.8 Å². The quantitative estimate of drug-likeness (QED) is 0.200. The van der Waals surface area contributed by atoms with Gasteiger partial charge in [-0.05, 0) is 91.0 Å². The summed E-state index contributed by atoms with van der Waals surface area (Å²) >= 11 is 0. The fraction of sp³-hybridized carbons (Fsp3) is 0.643. The van der Waals surface area contributed by atoms with Crippen molar-refractivity contribution < 1.29 is 10.2 Å². The normalized spacial score (nSPS) is 21.1. The molecular weight excluding hydrogens is 550 g/mol.